The number of nitrogens with zero attached hydrogens (tertiary/aromatic N) is 2. The molecule has 1 aromatic heterocycles. The SMILES string of the molecule is Cc1ccc(/C(O)=C2\C(=O)C(=O)N(c3ccc4c(c3)OCO4)C2c2ccccn2)cc1. The average molecular weight is 414 g/mol. The molecule has 1 atom stereocenters. The highest BCUT2D eigenvalue weighted by Crippen LogP contribution is 2.44. The van der Waals surface area contributed by atoms with Gasteiger partial charge in [-0.1, -0.05) is 35.9 Å². The van der Waals surface area contributed by atoms with Gasteiger partial charge in [0.25, 0.3) is 11.7 Å². The summed E-state index contributed by atoms with van der Waals surface area (Å²) in [5.41, 5.74) is 2.37. The lowest BCUT2D eigenvalue weighted by atomic mass is 9.97. The van der Waals surface area contributed by atoms with Crippen LogP contribution in [0.3, 0.4) is 0 Å². The van der Waals surface area contributed by atoms with Gasteiger partial charge < -0.3 is 14.6 Å². The summed E-state index contributed by atoms with van der Waals surface area (Å²) in [5, 5.41) is 11.1. The Bertz CT molecular complexity index is 1220. The van der Waals surface area contributed by atoms with Crippen molar-refractivity contribution >= 4 is 23.1 Å². The second-order valence-corrected chi connectivity index (χ2v) is 7.33. The number of benzene rings is 2. The maximum Gasteiger partial charge on any atom is 0.300 e. The van der Waals surface area contributed by atoms with Crippen LogP contribution in [0.4, 0.5) is 5.69 Å². The summed E-state index contributed by atoms with van der Waals surface area (Å²) in [6, 6.07) is 16.5. The molecule has 0 bridgehead atoms. The molecule has 1 unspecified atom stereocenters. The van der Waals surface area contributed by atoms with E-state index in [4.69, 9.17) is 9.47 Å². The molecule has 0 spiro atoms. The lowest BCUT2D eigenvalue weighted by molar-refractivity contribution is -0.132. The fraction of sp³-hybridized carbons (Fsp3) is 0.125. The van der Waals surface area contributed by atoms with Crippen molar-refractivity contribution in [3.8, 4) is 11.5 Å². The number of fused-ring (bicyclic) bond motifs is 1. The largest absolute Gasteiger partial charge is 0.507 e. The molecule has 1 fully saturated rings. The standard InChI is InChI=1S/C24H18N2O5/c1-14-5-7-15(8-6-14)22(27)20-21(17-4-2-3-11-25-17)26(24(29)23(20)28)16-9-10-18-19(12-16)31-13-30-18/h2-12,21,27H,13H2,1H3/b22-20+. The number of aliphatic hydroxyl groups excluding tert-OH is 1. The number of aryl methyl sites for hydroxylation is 1. The van der Waals surface area contributed by atoms with E-state index in [2.05, 4.69) is 4.98 Å². The second-order valence-electron chi connectivity index (χ2n) is 7.33. The third-order valence-corrected chi connectivity index (χ3v) is 5.37. The van der Waals surface area contributed by atoms with Crippen molar-refractivity contribution < 1.29 is 24.2 Å². The smallest absolute Gasteiger partial charge is 0.300 e. The van der Waals surface area contributed by atoms with Gasteiger partial charge in [0.15, 0.2) is 11.5 Å². The van der Waals surface area contributed by atoms with Gasteiger partial charge in [-0.2, -0.15) is 0 Å². The first kappa shape index (κ1) is 18.9. The third-order valence-electron chi connectivity index (χ3n) is 5.37. The van der Waals surface area contributed by atoms with Gasteiger partial charge in [-0.15, -0.1) is 0 Å². The van der Waals surface area contributed by atoms with E-state index in [0.29, 0.717) is 28.4 Å². The molecule has 31 heavy (non-hydrogen) atoms. The predicted molar refractivity (Wildman–Crippen MR) is 113 cm³/mol. The number of anilines is 1. The van der Waals surface area contributed by atoms with E-state index in [1.165, 1.54) is 4.90 Å². The first-order valence-corrected chi connectivity index (χ1v) is 9.73. The summed E-state index contributed by atoms with van der Waals surface area (Å²) in [6.07, 6.45) is 1.58. The van der Waals surface area contributed by atoms with Crippen LogP contribution >= 0.6 is 0 Å². The number of aromatic nitrogens is 1. The molecule has 154 valence electrons. The Balaban J connectivity index is 1.70. The van der Waals surface area contributed by atoms with Crippen molar-refractivity contribution in [2.45, 2.75) is 13.0 Å². The third kappa shape index (κ3) is 3.11. The highest BCUT2D eigenvalue weighted by Gasteiger charge is 2.47. The number of hydrogen-bond acceptors (Lipinski definition) is 6. The van der Waals surface area contributed by atoms with Crippen molar-refractivity contribution in [3.63, 3.8) is 0 Å². The highest BCUT2D eigenvalue weighted by molar-refractivity contribution is 6.51. The van der Waals surface area contributed by atoms with Gasteiger partial charge in [0.1, 0.15) is 11.8 Å². The van der Waals surface area contributed by atoms with E-state index in [-0.39, 0.29) is 18.1 Å². The van der Waals surface area contributed by atoms with Crippen LogP contribution in [-0.2, 0) is 9.59 Å². The maximum absolute atomic E-state index is 13.1. The summed E-state index contributed by atoms with van der Waals surface area (Å²) in [5.74, 6) is -0.709. The molecular formula is C24H18N2O5. The fourth-order valence-electron chi connectivity index (χ4n) is 3.82. The topological polar surface area (TPSA) is 89.0 Å². The van der Waals surface area contributed by atoms with Crippen LogP contribution in [-0.4, -0.2) is 28.6 Å². The van der Waals surface area contributed by atoms with E-state index >= 15 is 0 Å². The van der Waals surface area contributed by atoms with Crippen LogP contribution in [0, 0.1) is 6.92 Å². The number of ketones is 1. The number of carbonyl (C=O) groups is 2. The van der Waals surface area contributed by atoms with Crippen molar-refractivity contribution in [1.29, 1.82) is 0 Å². The Labute approximate surface area is 178 Å². The van der Waals surface area contributed by atoms with Crippen LogP contribution in [0.25, 0.3) is 5.76 Å². The normalized spacial score (nSPS) is 19.1. The molecule has 0 saturated carbocycles. The molecule has 0 radical (unpaired) electrons. The molecule has 2 aliphatic heterocycles. The van der Waals surface area contributed by atoms with Gasteiger partial charge >= 0.3 is 0 Å². The average Bonchev–Trinajstić information content (AvgIpc) is 3.36. The Kier molecular flexibility index (Phi) is 4.43. The van der Waals surface area contributed by atoms with Gasteiger partial charge in [-0.25, -0.2) is 0 Å². The summed E-state index contributed by atoms with van der Waals surface area (Å²) < 4.78 is 10.8. The van der Waals surface area contributed by atoms with Gasteiger partial charge in [0.2, 0.25) is 6.79 Å². The second kappa shape index (κ2) is 7.28. The van der Waals surface area contributed by atoms with Gasteiger partial charge in [-0.05, 0) is 31.2 Å². The Morgan fingerprint density at radius 2 is 1.81 bits per heavy atom. The minimum atomic E-state index is -0.886. The van der Waals surface area contributed by atoms with Crippen LogP contribution in [0.5, 0.6) is 11.5 Å². The molecule has 1 N–H and O–H groups in total. The minimum Gasteiger partial charge on any atom is -0.507 e. The van der Waals surface area contributed by atoms with Crippen LogP contribution in [0.1, 0.15) is 22.9 Å². The first-order valence-electron chi connectivity index (χ1n) is 9.73. The number of carbonyl (C=O) groups excluding carboxylic acids is 2. The zero-order valence-electron chi connectivity index (χ0n) is 16.6. The Hall–Kier alpha value is -4.13. The molecule has 3 aromatic rings. The van der Waals surface area contributed by atoms with Crippen LogP contribution < -0.4 is 14.4 Å². The monoisotopic (exact) mass is 414 g/mol. The number of pyridine rings is 1. The molecule has 1 saturated heterocycles. The summed E-state index contributed by atoms with van der Waals surface area (Å²) in [6.45, 7) is 2.02. The van der Waals surface area contributed by atoms with Crippen LogP contribution in [0.15, 0.2) is 72.4 Å². The molecule has 2 aliphatic rings. The molecule has 3 heterocycles. The van der Waals surface area contributed by atoms with E-state index in [9.17, 15) is 14.7 Å². The lowest BCUT2D eigenvalue weighted by Crippen LogP contribution is -2.29. The van der Waals surface area contributed by atoms with E-state index in [0.717, 1.165) is 5.56 Å². The molecule has 2 aromatic carbocycles. The number of aliphatic hydroxyl groups is 1. The zero-order chi connectivity index (χ0) is 21.5. The number of Topliss-reactive ketones (excluding diaryl/α,β-unsaturated/α-hetero) is 1. The number of ether oxygens (including phenoxy) is 2. The number of amides is 1. The molecule has 7 heteroatoms. The fourth-order valence-corrected chi connectivity index (χ4v) is 3.82. The zero-order valence-corrected chi connectivity index (χ0v) is 16.6. The summed E-state index contributed by atoms with van der Waals surface area (Å²) in [7, 11) is 0. The van der Waals surface area contributed by atoms with Crippen molar-refractivity contribution in [1.82, 2.24) is 4.98 Å². The Morgan fingerprint density at radius 1 is 1.03 bits per heavy atom. The van der Waals surface area contributed by atoms with E-state index < -0.39 is 17.7 Å². The van der Waals surface area contributed by atoms with Crippen molar-refractivity contribution in [2.24, 2.45) is 0 Å². The quantitative estimate of drug-likeness (QED) is 0.399. The minimum absolute atomic E-state index is 0.00906. The van der Waals surface area contributed by atoms with E-state index in [1.807, 2.05) is 19.1 Å². The predicted octanol–water partition coefficient (Wildman–Crippen LogP) is 3.75. The summed E-state index contributed by atoms with van der Waals surface area (Å²) >= 11 is 0. The van der Waals surface area contributed by atoms with Gasteiger partial charge in [0.05, 0.1) is 11.3 Å². The molecule has 7 nitrogen and oxygen atoms in total. The van der Waals surface area contributed by atoms with Crippen molar-refractivity contribution in [2.75, 3.05) is 11.7 Å². The molecule has 1 amide bonds. The molecule has 0 aliphatic carbocycles. The summed E-state index contributed by atoms with van der Waals surface area (Å²) in [4.78, 5) is 31.9. The Morgan fingerprint density at radius 3 is 2.55 bits per heavy atom. The van der Waals surface area contributed by atoms with Crippen molar-refractivity contribution in [3.05, 3.63) is 89.3 Å². The maximum atomic E-state index is 13.1. The van der Waals surface area contributed by atoms with Crippen LogP contribution in [0.2, 0.25) is 0 Å². The molecular weight excluding hydrogens is 396 g/mol. The van der Waals surface area contributed by atoms with Gasteiger partial charge in [0, 0.05) is 23.5 Å². The van der Waals surface area contributed by atoms with Gasteiger partial charge in [-0.3, -0.25) is 19.5 Å². The first-order chi connectivity index (χ1) is 15.0. The number of hydrogen-bond donors (Lipinski definition) is 1. The molecule has 5 rings (SSSR count). The number of rotatable bonds is 3. The lowest BCUT2D eigenvalue weighted by Gasteiger charge is -2.24. The van der Waals surface area contributed by atoms with E-state index in [1.54, 1.807) is 54.7 Å². The highest BCUT2D eigenvalue weighted by atomic mass is 16.7.